The van der Waals surface area contributed by atoms with Gasteiger partial charge in [0, 0.05) is 12.1 Å². The molecule has 29 heavy (non-hydrogen) atoms. The maximum atomic E-state index is 13.4. The van der Waals surface area contributed by atoms with Crippen LogP contribution in [0.2, 0.25) is 0 Å². The summed E-state index contributed by atoms with van der Waals surface area (Å²) >= 11 is 0. The molecule has 3 aromatic rings. The number of benzene rings is 2. The van der Waals surface area contributed by atoms with Gasteiger partial charge in [-0.15, -0.1) is 0 Å². The van der Waals surface area contributed by atoms with Crippen molar-refractivity contribution in [3.8, 4) is 5.75 Å². The Bertz CT molecular complexity index is 1100. The van der Waals surface area contributed by atoms with Gasteiger partial charge >= 0.3 is 0 Å². The fourth-order valence-electron chi connectivity index (χ4n) is 3.06. The van der Waals surface area contributed by atoms with Gasteiger partial charge < -0.3 is 14.5 Å². The highest BCUT2D eigenvalue weighted by molar-refractivity contribution is 7.91. The standard InChI is InChI=1S/C22H23NO5S/c1-15-9-10-16(2)20(12-15)29(25,26)21(19-8-5-11-28-19)14-23-22(24)17-6-4-7-18(13-17)27-3/h4-13,21H,14H2,1-3H3,(H,23,24)/t21-/m1/s1. The Morgan fingerprint density at radius 2 is 1.90 bits per heavy atom. The van der Waals surface area contributed by atoms with Gasteiger partial charge in [-0.2, -0.15) is 0 Å². The van der Waals surface area contributed by atoms with Crippen LogP contribution < -0.4 is 10.1 Å². The minimum absolute atomic E-state index is 0.126. The number of furan rings is 1. The SMILES string of the molecule is COc1cccc(C(=O)NC[C@H](c2ccco2)S(=O)(=O)c2cc(C)ccc2C)c1. The van der Waals surface area contributed by atoms with Gasteiger partial charge in [0.1, 0.15) is 16.8 Å². The molecule has 0 radical (unpaired) electrons. The predicted octanol–water partition coefficient (Wildman–Crippen LogP) is 3.85. The highest BCUT2D eigenvalue weighted by Gasteiger charge is 2.33. The summed E-state index contributed by atoms with van der Waals surface area (Å²) in [6, 6.07) is 15.2. The Kier molecular flexibility index (Phi) is 6.08. The van der Waals surface area contributed by atoms with E-state index in [9.17, 15) is 13.2 Å². The molecule has 0 bridgehead atoms. The fourth-order valence-corrected chi connectivity index (χ4v) is 4.97. The lowest BCUT2D eigenvalue weighted by Gasteiger charge is -2.18. The molecule has 152 valence electrons. The first kappa shape index (κ1) is 20.7. The zero-order chi connectivity index (χ0) is 21.0. The highest BCUT2D eigenvalue weighted by Crippen LogP contribution is 2.31. The summed E-state index contributed by atoms with van der Waals surface area (Å²) in [5.74, 6) is 0.428. The summed E-state index contributed by atoms with van der Waals surface area (Å²) < 4.78 is 37.4. The third-order valence-electron chi connectivity index (χ3n) is 4.67. The molecule has 0 aliphatic heterocycles. The van der Waals surface area contributed by atoms with Crippen molar-refractivity contribution in [1.82, 2.24) is 5.32 Å². The predicted molar refractivity (Wildman–Crippen MR) is 110 cm³/mol. The second-order valence-electron chi connectivity index (χ2n) is 6.76. The molecular weight excluding hydrogens is 390 g/mol. The number of aryl methyl sites for hydroxylation is 2. The van der Waals surface area contributed by atoms with Crippen LogP contribution in [0, 0.1) is 13.8 Å². The lowest BCUT2D eigenvalue weighted by molar-refractivity contribution is 0.0953. The van der Waals surface area contributed by atoms with E-state index in [0.29, 0.717) is 16.9 Å². The number of hydrogen-bond donors (Lipinski definition) is 1. The Balaban J connectivity index is 1.90. The average Bonchev–Trinajstić information content (AvgIpc) is 3.24. The minimum atomic E-state index is -3.80. The number of sulfone groups is 1. The lowest BCUT2D eigenvalue weighted by Crippen LogP contribution is -2.32. The first-order valence-electron chi connectivity index (χ1n) is 9.09. The third-order valence-corrected chi connectivity index (χ3v) is 6.87. The van der Waals surface area contributed by atoms with Crippen LogP contribution in [-0.4, -0.2) is 28.0 Å². The summed E-state index contributed by atoms with van der Waals surface area (Å²) in [4.78, 5) is 12.8. The molecule has 1 aromatic heterocycles. The summed E-state index contributed by atoms with van der Waals surface area (Å²) in [5.41, 5.74) is 1.87. The van der Waals surface area contributed by atoms with Crippen LogP contribution in [0.25, 0.3) is 0 Å². The summed E-state index contributed by atoms with van der Waals surface area (Å²) in [6.07, 6.45) is 1.42. The van der Waals surface area contributed by atoms with E-state index in [0.717, 1.165) is 5.56 Å². The highest BCUT2D eigenvalue weighted by atomic mass is 32.2. The molecule has 1 amide bonds. The number of amides is 1. The lowest BCUT2D eigenvalue weighted by atomic mass is 10.2. The van der Waals surface area contributed by atoms with Crippen molar-refractivity contribution in [3.05, 3.63) is 83.3 Å². The van der Waals surface area contributed by atoms with E-state index in [2.05, 4.69) is 5.32 Å². The molecule has 3 rings (SSSR count). The molecular formula is C22H23NO5S. The largest absolute Gasteiger partial charge is 0.497 e. The van der Waals surface area contributed by atoms with Crippen LogP contribution in [0.1, 0.15) is 32.5 Å². The minimum Gasteiger partial charge on any atom is -0.497 e. The number of ether oxygens (including phenoxy) is 1. The number of rotatable bonds is 7. The molecule has 0 saturated carbocycles. The number of nitrogens with one attached hydrogen (secondary N) is 1. The average molecular weight is 413 g/mol. The van der Waals surface area contributed by atoms with Gasteiger partial charge in [-0.3, -0.25) is 4.79 Å². The van der Waals surface area contributed by atoms with Crippen molar-refractivity contribution in [3.63, 3.8) is 0 Å². The van der Waals surface area contributed by atoms with Crippen molar-refractivity contribution in [2.24, 2.45) is 0 Å². The van der Waals surface area contributed by atoms with Gasteiger partial charge in [0.15, 0.2) is 9.84 Å². The van der Waals surface area contributed by atoms with E-state index in [-0.39, 0.29) is 17.2 Å². The maximum absolute atomic E-state index is 13.4. The molecule has 7 heteroatoms. The summed E-state index contributed by atoms with van der Waals surface area (Å²) in [6.45, 7) is 3.46. The number of hydrogen-bond acceptors (Lipinski definition) is 5. The molecule has 0 aliphatic rings. The van der Waals surface area contributed by atoms with E-state index in [1.807, 2.05) is 13.0 Å². The molecule has 1 heterocycles. The van der Waals surface area contributed by atoms with Crippen LogP contribution in [0.5, 0.6) is 5.75 Å². The first-order valence-corrected chi connectivity index (χ1v) is 10.6. The molecule has 0 aliphatic carbocycles. The van der Waals surface area contributed by atoms with Crippen molar-refractivity contribution in [1.29, 1.82) is 0 Å². The summed E-state index contributed by atoms with van der Waals surface area (Å²) in [7, 11) is -2.29. The fraction of sp³-hybridized carbons (Fsp3) is 0.227. The Morgan fingerprint density at radius 1 is 1.10 bits per heavy atom. The van der Waals surface area contributed by atoms with E-state index >= 15 is 0 Å². The van der Waals surface area contributed by atoms with Gasteiger partial charge in [-0.05, 0) is 61.4 Å². The normalized spacial score (nSPS) is 12.4. The van der Waals surface area contributed by atoms with Gasteiger partial charge in [-0.1, -0.05) is 18.2 Å². The molecule has 6 nitrogen and oxygen atoms in total. The van der Waals surface area contributed by atoms with Gasteiger partial charge in [0.25, 0.3) is 5.91 Å². The van der Waals surface area contributed by atoms with Crippen LogP contribution in [0.3, 0.4) is 0 Å². The summed E-state index contributed by atoms with van der Waals surface area (Å²) in [5, 5.41) is 1.67. The Hall–Kier alpha value is -3.06. The zero-order valence-corrected chi connectivity index (χ0v) is 17.3. The molecule has 0 fully saturated rings. The van der Waals surface area contributed by atoms with E-state index in [1.165, 1.54) is 13.4 Å². The van der Waals surface area contributed by atoms with E-state index in [1.54, 1.807) is 55.5 Å². The molecule has 0 spiro atoms. The second-order valence-corrected chi connectivity index (χ2v) is 8.86. The van der Waals surface area contributed by atoms with Gasteiger partial charge in [-0.25, -0.2) is 8.42 Å². The van der Waals surface area contributed by atoms with Crippen LogP contribution in [0.4, 0.5) is 0 Å². The first-order chi connectivity index (χ1) is 13.8. The van der Waals surface area contributed by atoms with Crippen molar-refractivity contribution in [2.45, 2.75) is 24.0 Å². The van der Waals surface area contributed by atoms with Crippen LogP contribution in [-0.2, 0) is 9.84 Å². The molecule has 0 saturated heterocycles. The number of carbonyl (C=O) groups excluding carboxylic acids is 1. The molecule has 2 aromatic carbocycles. The van der Waals surface area contributed by atoms with Gasteiger partial charge in [0.2, 0.25) is 0 Å². The second kappa shape index (κ2) is 8.53. The quantitative estimate of drug-likeness (QED) is 0.636. The van der Waals surface area contributed by atoms with Crippen molar-refractivity contribution in [2.75, 3.05) is 13.7 Å². The molecule has 1 N–H and O–H groups in total. The maximum Gasteiger partial charge on any atom is 0.251 e. The van der Waals surface area contributed by atoms with Crippen LogP contribution >= 0.6 is 0 Å². The Labute approximate surface area is 170 Å². The van der Waals surface area contributed by atoms with Crippen molar-refractivity contribution >= 4 is 15.7 Å². The monoisotopic (exact) mass is 413 g/mol. The zero-order valence-electron chi connectivity index (χ0n) is 16.5. The Morgan fingerprint density at radius 3 is 2.59 bits per heavy atom. The molecule has 0 unspecified atom stereocenters. The van der Waals surface area contributed by atoms with Crippen LogP contribution in [0.15, 0.2) is 70.2 Å². The van der Waals surface area contributed by atoms with Gasteiger partial charge in [0.05, 0.1) is 18.3 Å². The third kappa shape index (κ3) is 4.51. The number of methoxy groups -OCH3 is 1. The molecule has 1 atom stereocenters. The smallest absolute Gasteiger partial charge is 0.251 e. The topological polar surface area (TPSA) is 85.6 Å². The van der Waals surface area contributed by atoms with E-state index < -0.39 is 21.0 Å². The number of carbonyl (C=O) groups is 1. The van der Waals surface area contributed by atoms with E-state index in [4.69, 9.17) is 9.15 Å². The van der Waals surface area contributed by atoms with Crippen molar-refractivity contribution < 1.29 is 22.4 Å².